The molecule has 0 N–H and O–H groups in total. The van der Waals surface area contributed by atoms with Gasteiger partial charge in [-0.15, -0.1) is 11.3 Å². The summed E-state index contributed by atoms with van der Waals surface area (Å²) in [5, 5.41) is 12.9. The van der Waals surface area contributed by atoms with Gasteiger partial charge in [0.1, 0.15) is 11.2 Å². The molecule has 10 aromatic rings. The molecule has 0 bridgehead atoms. The molecule has 0 saturated heterocycles. The van der Waals surface area contributed by atoms with Gasteiger partial charge in [-0.1, -0.05) is 115 Å². The van der Waals surface area contributed by atoms with Gasteiger partial charge in [0, 0.05) is 48.7 Å². The van der Waals surface area contributed by atoms with Gasteiger partial charge in [-0.25, -0.2) is 24.9 Å². The van der Waals surface area contributed by atoms with Crippen molar-refractivity contribution in [3.8, 4) is 62.9 Å². The second-order valence-corrected chi connectivity index (χ2v) is 13.4. The van der Waals surface area contributed by atoms with Crippen molar-refractivity contribution in [2.24, 2.45) is 0 Å². The van der Waals surface area contributed by atoms with Crippen molar-refractivity contribution < 1.29 is 4.42 Å². The summed E-state index contributed by atoms with van der Waals surface area (Å²) in [7, 11) is 0. The number of benzene rings is 6. The Morgan fingerprint density at radius 2 is 1.15 bits per heavy atom. The minimum absolute atomic E-state index is 0.554. The Labute approximate surface area is 301 Å². The fraction of sp³-hybridized carbons (Fsp3) is 0. The van der Waals surface area contributed by atoms with Crippen molar-refractivity contribution >= 4 is 53.6 Å². The van der Waals surface area contributed by atoms with Crippen molar-refractivity contribution in [3.05, 3.63) is 151 Å². The Hall–Kier alpha value is -7.08. The van der Waals surface area contributed by atoms with Gasteiger partial charge in [0.2, 0.25) is 0 Å². The number of thiophene rings is 1. The highest BCUT2D eigenvalue weighted by atomic mass is 32.1. The summed E-state index contributed by atoms with van der Waals surface area (Å²) in [6.45, 7) is 0. The number of fused-ring (bicyclic) bond motifs is 6. The summed E-state index contributed by atoms with van der Waals surface area (Å²) in [6, 6.07) is 50.1. The molecule has 52 heavy (non-hydrogen) atoms. The van der Waals surface area contributed by atoms with E-state index >= 15 is 0 Å². The van der Waals surface area contributed by atoms with E-state index in [1.54, 1.807) is 11.3 Å². The zero-order valence-corrected chi connectivity index (χ0v) is 28.2. The minimum atomic E-state index is 0.554. The molecule has 6 aromatic carbocycles. The molecule has 0 fully saturated rings. The lowest BCUT2D eigenvalue weighted by atomic mass is 10.0. The molecular formula is C44H24N6OS. The third kappa shape index (κ3) is 4.91. The van der Waals surface area contributed by atoms with E-state index in [0.29, 0.717) is 34.4 Å². The maximum atomic E-state index is 10.0. The van der Waals surface area contributed by atoms with Gasteiger partial charge in [-0.2, -0.15) is 5.26 Å². The van der Waals surface area contributed by atoms with E-state index in [2.05, 4.69) is 24.3 Å². The molecular weight excluding hydrogens is 661 g/mol. The van der Waals surface area contributed by atoms with E-state index in [-0.39, 0.29) is 0 Å². The van der Waals surface area contributed by atoms with Crippen LogP contribution >= 0.6 is 11.3 Å². The standard InChI is InChI=1S/C44H24N6OS/c45-25-29-16-7-8-17-30(29)38-40-39(32-18-9-10-21-36(32)52-40)47-43(46-38)28-22-23-31-35(24-28)51-34-20-11-19-33(37(31)34)44-49-41(26-12-3-1-4-13-26)48-42(50-44)27-14-5-2-6-15-27/h1-24H. The van der Waals surface area contributed by atoms with Crippen LogP contribution in [0.25, 0.3) is 99.1 Å². The normalized spacial score (nSPS) is 11.4. The van der Waals surface area contributed by atoms with E-state index in [9.17, 15) is 5.26 Å². The molecule has 0 radical (unpaired) electrons. The van der Waals surface area contributed by atoms with Crippen molar-refractivity contribution in [1.29, 1.82) is 5.26 Å². The zero-order chi connectivity index (χ0) is 34.6. The lowest BCUT2D eigenvalue weighted by Crippen LogP contribution is -2.00. The number of rotatable bonds is 5. The molecule has 0 spiro atoms. The monoisotopic (exact) mass is 684 g/mol. The molecule has 8 heteroatoms. The number of hydrogen-bond acceptors (Lipinski definition) is 8. The van der Waals surface area contributed by atoms with E-state index in [0.717, 1.165) is 70.2 Å². The highest BCUT2D eigenvalue weighted by Gasteiger charge is 2.21. The first-order chi connectivity index (χ1) is 25.7. The van der Waals surface area contributed by atoms with E-state index < -0.39 is 0 Å². The number of aromatic nitrogens is 5. The Morgan fingerprint density at radius 1 is 0.500 bits per heavy atom. The molecule has 0 aliphatic carbocycles. The third-order valence-corrected chi connectivity index (χ3v) is 10.4. The molecule has 0 aliphatic heterocycles. The first kappa shape index (κ1) is 29.8. The Bertz CT molecular complexity index is 2980. The first-order valence-corrected chi connectivity index (χ1v) is 17.6. The van der Waals surface area contributed by atoms with Gasteiger partial charge < -0.3 is 4.42 Å². The van der Waals surface area contributed by atoms with E-state index in [4.69, 9.17) is 29.3 Å². The van der Waals surface area contributed by atoms with Gasteiger partial charge in [-0.3, -0.25) is 0 Å². The van der Waals surface area contributed by atoms with Gasteiger partial charge in [0.25, 0.3) is 0 Å². The second-order valence-electron chi connectivity index (χ2n) is 12.4. The zero-order valence-electron chi connectivity index (χ0n) is 27.4. The summed E-state index contributed by atoms with van der Waals surface area (Å²) in [5.41, 5.74) is 7.82. The smallest absolute Gasteiger partial charge is 0.164 e. The topological polar surface area (TPSA) is 101 Å². The summed E-state index contributed by atoms with van der Waals surface area (Å²) < 4.78 is 8.60. The molecule has 0 amide bonds. The predicted octanol–water partition coefficient (Wildman–Crippen LogP) is 11.1. The van der Waals surface area contributed by atoms with Crippen molar-refractivity contribution in [3.63, 3.8) is 0 Å². The number of nitriles is 1. The average Bonchev–Trinajstić information content (AvgIpc) is 3.79. The molecule has 0 aliphatic rings. The summed E-state index contributed by atoms with van der Waals surface area (Å²) in [4.78, 5) is 25.1. The van der Waals surface area contributed by atoms with Crippen LogP contribution in [0.5, 0.6) is 0 Å². The van der Waals surface area contributed by atoms with Crippen molar-refractivity contribution in [1.82, 2.24) is 24.9 Å². The highest BCUT2D eigenvalue weighted by molar-refractivity contribution is 7.26. The quantitative estimate of drug-likeness (QED) is 0.178. The van der Waals surface area contributed by atoms with Gasteiger partial charge in [-0.05, 0) is 30.3 Å². The van der Waals surface area contributed by atoms with Crippen LogP contribution in [0.15, 0.2) is 150 Å². The largest absolute Gasteiger partial charge is 0.456 e. The van der Waals surface area contributed by atoms with Crippen molar-refractivity contribution in [2.75, 3.05) is 0 Å². The van der Waals surface area contributed by atoms with E-state index in [1.807, 2.05) is 127 Å². The van der Waals surface area contributed by atoms with Crippen LogP contribution < -0.4 is 0 Å². The average molecular weight is 685 g/mol. The Morgan fingerprint density at radius 3 is 1.92 bits per heavy atom. The van der Waals surface area contributed by atoms with Crippen LogP contribution in [0, 0.1) is 11.3 Å². The lowest BCUT2D eigenvalue weighted by molar-refractivity contribution is 0.669. The number of hydrogen-bond donors (Lipinski definition) is 0. The van der Waals surface area contributed by atoms with Gasteiger partial charge in [0.15, 0.2) is 23.3 Å². The molecule has 0 atom stereocenters. The molecule has 7 nitrogen and oxygen atoms in total. The van der Waals surface area contributed by atoms with Crippen LogP contribution in [0.1, 0.15) is 5.56 Å². The highest BCUT2D eigenvalue weighted by Crippen LogP contribution is 2.42. The molecule has 242 valence electrons. The third-order valence-electron chi connectivity index (χ3n) is 9.22. The lowest BCUT2D eigenvalue weighted by Gasteiger charge is -2.09. The SMILES string of the molecule is N#Cc1ccccc1-c1nc(-c2ccc3c(c2)oc2cccc(-c4nc(-c5ccccc5)nc(-c5ccccc5)n4)c23)nc2c1sc1ccccc12. The fourth-order valence-corrected chi connectivity index (χ4v) is 7.92. The molecule has 4 heterocycles. The summed E-state index contributed by atoms with van der Waals surface area (Å²) in [6.07, 6.45) is 0. The first-order valence-electron chi connectivity index (χ1n) is 16.7. The predicted molar refractivity (Wildman–Crippen MR) is 207 cm³/mol. The van der Waals surface area contributed by atoms with Crippen LogP contribution in [-0.4, -0.2) is 24.9 Å². The Balaban J connectivity index is 1.17. The van der Waals surface area contributed by atoms with Crippen LogP contribution in [0.2, 0.25) is 0 Å². The number of nitrogens with zero attached hydrogens (tertiary/aromatic N) is 6. The van der Waals surface area contributed by atoms with Crippen molar-refractivity contribution in [2.45, 2.75) is 0 Å². The summed E-state index contributed by atoms with van der Waals surface area (Å²) >= 11 is 1.64. The van der Waals surface area contributed by atoms with Gasteiger partial charge in [0.05, 0.1) is 27.5 Å². The van der Waals surface area contributed by atoms with Crippen LogP contribution in [0.4, 0.5) is 0 Å². The summed E-state index contributed by atoms with van der Waals surface area (Å²) in [5.74, 6) is 2.31. The number of furan rings is 1. The second kappa shape index (κ2) is 12.1. The maximum Gasteiger partial charge on any atom is 0.164 e. The molecule has 4 aromatic heterocycles. The maximum absolute atomic E-state index is 10.0. The Kier molecular flexibility index (Phi) is 6.91. The fourth-order valence-electron chi connectivity index (χ4n) is 6.77. The molecule has 10 rings (SSSR count). The molecule has 0 unspecified atom stereocenters. The van der Waals surface area contributed by atoms with Gasteiger partial charge >= 0.3 is 0 Å². The van der Waals surface area contributed by atoms with E-state index in [1.165, 1.54) is 0 Å². The van der Waals surface area contributed by atoms with Crippen LogP contribution in [0.3, 0.4) is 0 Å². The minimum Gasteiger partial charge on any atom is -0.456 e. The molecule has 0 saturated carbocycles. The van der Waals surface area contributed by atoms with Crippen LogP contribution in [-0.2, 0) is 0 Å².